The minimum Gasteiger partial charge on any atom is -0.771 e. The van der Waals surface area contributed by atoms with Crippen LogP contribution in [0.2, 0.25) is 0 Å². The molecule has 0 amide bonds. The highest BCUT2D eigenvalue weighted by atomic mass is 35.7. The minimum atomic E-state index is -4.16. The molecule has 17 heavy (non-hydrogen) atoms. The van der Waals surface area contributed by atoms with Gasteiger partial charge in [-0.2, -0.15) is 0 Å². The van der Waals surface area contributed by atoms with Gasteiger partial charge in [0.05, 0.1) is 0 Å². The topological polar surface area (TPSA) is 43.4 Å². The van der Waals surface area contributed by atoms with E-state index in [0.29, 0.717) is 11.4 Å². The minimum absolute atomic E-state index is 0.520. The molecule has 2 rings (SSSR count). The molecular weight excluding hydrogens is 257 g/mol. The lowest BCUT2D eigenvalue weighted by atomic mass is 10.3. The molecule has 0 radical (unpaired) electrons. The first-order valence-corrected chi connectivity index (χ1v) is 7.49. The van der Waals surface area contributed by atoms with E-state index in [9.17, 15) is 9.46 Å². The molecule has 2 aromatic rings. The van der Waals surface area contributed by atoms with Gasteiger partial charge in [0.15, 0.2) is 6.87 Å². The second-order valence-corrected chi connectivity index (χ2v) is 6.02. The van der Waals surface area contributed by atoms with Crippen molar-refractivity contribution in [3.8, 4) is 0 Å². The van der Waals surface area contributed by atoms with Crippen molar-refractivity contribution in [2.75, 3.05) is 4.67 Å². The van der Waals surface area contributed by atoms with Crippen LogP contribution in [0.4, 0.5) is 11.4 Å². The van der Waals surface area contributed by atoms with Gasteiger partial charge in [-0.1, -0.05) is 36.4 Å². The number of halogens is 1. The molecule has 3 nitrogen and oxygen atoms in total. The summed E-state index contributed by atoms with van der Waals surface area (Å²) in [4.78, 5) is 11.7. The summed E-state index contributed by atoms with van der Waals surface area (Å²) >= 11 is 5.49. The Hall–Kier alpha value is -1.28. The average molecular weight is 267 g/mol. The second kappa shape index (κ2) is 4.92. The maximum atomic E-state index is 11.7. The molecule has 0 aromatic heterocycles. The van der Waals surface area contributed by atoms with Crippen molar-refractivity contribution in [2.45, 2.75) is 0 Å². The van der Waals surface area contributed by atoms with Crippen molar-refractivity contribution in [1.29, 1.82) is 0 Å². The van der Waals surface area contributed by atoms with Crippen LogP contribution in [0.15, 0.2) is 60.7 Å². The summed E-state index contributed by atoms with van der Waals surface area (Å²) in [7, 11) is 0. The third kappa shape index (κ3) is 2.89. The fraction of sp³-hybridized carbons (Fsp3) is 0. The van der Waals surface area contributed by atoms with Gasteiger partial charge in [-0.05, 0) is 35.5 Å². The quantitative estimate of drug-likeness (QED) is 0.798. The first-order chi connectivity index (χ1) is 8.09. The van der Waals surface area contributed by atoms with Crippen LogP contribution < -0.4 is 9.56 Å². The van der Waals surface area contributed by atoms with E-state index in [1.165, 1.54) is 0 Å². The zero-order valence-electron chi connectivity index (χ0n) is 8.86. The number of anilines is 2. The number of hydrogen-bond acceptors (Lipinski definition) is 2. The predicted molar refractivity (Wildman–Crippen MR) is 68.5 cm³/mol. The lowest BCUT2D eigenvalue weighted by molar-refractivity contribution is -0.168. The molecule has 88 valence electrons. The standard InChI is InChI=1S/C12H11ClNO2P/c13-17(15,16)14(11-7-3-1-4-8-11)12-9-5-2-6-10-12/h1-10H,(H,15,16)/p-1. The van der Waals surface area contributed by atoms with E-state index < -0.39 is 6.87 Å². The van der Waals surface area contributed by atoms with Gasteiger partial charge in [0.1, 0.15) is 0 Å². The number of benzene rings is 2. The Morgan fingerprint density at radius 1 is 0.882 bits per heavy atom. The van der Waals surface area contributed by atoms with Crippen molar-refractivity contribution >= 4 is 29.5 Å². The van der Waals surface area contributed by atoms with Gasteiger partial charge in [-0.15, -0.1) is 0 Å². The molecule has 5 heteroatoms. The summed E-state index contributed by atoms with van der Waals surface area (Å²) in [6.07, 6.45) is 0. The summed E-state index contributed by atoms with van der Waals surface area (Å²) in [5, 5.41) is 0. The van der Waals surface area contributed by atoms with Gasteiger partial charge in [0.25, 0.3) is 0 Å². The third-order valence-electron chi connectivity index (χ3n) is 2.24. The van der Waals surface area contributed by atoms with E-state index in [0.717, 1.165) is 4.67 Å². The largest absolute Gasteiger partial charge is 0.771 e. The predicted octanol–water partition coefficient (Wildman–Crippen LogP) is 3.53. The summed E-state index contributed by atoms with van der Waals surface area (Å²) < 4.78 is 12.8. The maximum absolute atomic E-state index is 11.7. The Kier molecular flexibility index (Phi) is 3.53. The van der Waals surface area contributed by atoms with E-state index in [4.69, 9.17) is 11.2 Å². The summed E-state index contributed by atoms with van der Waals surface area (Å²) in [5.74, 6) is 0. The van der Waals surface area contributed by atoms with E-state index in [1.54, 1.807) is 48.5 Å². The molecule has 0 aliphatic heterocycles. The van der Waals surface area contributed by atoms with E-state index in [-0.39, 0.29) is 0 Å². The Morgan fingerprint density at radius 2 is 1.24 bits per heavy atom. The maximum Gasteiger partial charge on any atom is 0.196 e. The van der Waals surface area contributed by atoms with E-state index >= 15 is 0 Å². The summed E-state index contributed by atoms with van der Waals surface area (Å²) in [6.45, 7) is -4.16. The van der Waals surface area contributed by atoms with Gasteiger partial charge < -0.3 is 4.89 Å². The monoisotopic (exact) mass is 266 g/mol. The first kappa shape index (κ1) is 12.2. The third-order valence-corrected chi connectivity index (χ3v) is 3.63. The SMILES string of the molecule is O=P([O-])(Cl)N(c1ccccc1)c1ccccc1. The van der Waals surface area contributed by atoms with Gasteiger partial charge in [-0.25, -0.2) is 0 Å². The number of para-hydroxylation sites is 2. The highest BCUT2D eigenvalue weighted by molar-refractivity contribution is 7.85. The molecule has 1 atom stereocenters. The molecule has 2 aromatic carbocycles. The molecule has 0 aliphatic carbocycles. The van der Waals surface area contributed by atoms with E-state index in [1.807, 2.05) is 12.1 Å². The lowest BCUT2D eigenvalue weighted by Gasteiger charge is -2.32. The van der Waals surface area contributed by atoms with Crippen molar-refractivity contribution in [3.63, 3.8) is 0 Å². The number of rotatable bonds is 3. The van der Waals surface area contributed by atoms with Crippen LogP contribution in [0.5, 0.6) is 0 Å². The average Bonchev–Trinajstić information content (AvgIpc) is 2.30. The first-order valence-electron chi connectivity index (χ1n) is 5.00. The van der Waals surface area contributed by atoms with Crippen LogP contribution in [-0.4, -0.2) is 0 Å². The Labute approximate surface area is 105 Å². The van der Waals surface area contributed by atoms with Gasteiger partial charge in [0.2, 0.25) is 0 Å². The van der Waals surface area contributed by atoms with Crippen LogP contribution in [-0.2, 0) is 4.57 Å². The zero-order chi connectivity index (χ0) is 12.3. The van der Waals surface area contributed by atoms with Crippen LogP contribution in [0, 0.1) is 0 Å². The Balaban J connectivity index is 2.52. The van der Waals surface area contributed by atoms with Crippen molar-refractivity contribution in [3.05, 3.63) is 60.7 Å². The van der Waals surface area contributed by atoms with Gasteiger partial charge in [0, 0.05) is 11.4 Å². The van der Waals surface area contributed by atoms with Crippen LogP contribution in [0.25, 0.3) is 0 Å². The highest BCUT2D eigenvalue weighted by Gasteiger charge is 2.18. The molecule has 0 aliphatic rings. The molecule has 0 heterocycles. The molecular formula is C12H10ClNO2P-. The van der Waals surface area contributed by atoms with Crippen molar-refractivity contribution < 1.29 is 9.46 Å². The molecule has 0 saturated carbocycles. The fourth-order valence-electron chi connectivity index (χ4n) is 1.56. The number of hydrogen-bond donors (Lipinski definition) is 0. The van der Waals surface area contributed by atoms with Crippen molar-refractivity contribution in [2.24, 2.45) is 0 Å². The lowest BCUT2D eigenvalue weighted by Crippen LogP contribution is -2.17. The van der Waals surface area contributed by atoms with Gasteiger partial charge in [-0.3, -0.25) is 9.24 Å². The number of nitrogens with zero attached hydrogens (tertiary/aromatic N) is 1. The Morgan fingerprint density at radius 3 is 1.53 bits per heavy atom. The fourth-order valence-corrected chi connectivity index (χ4v) is 2.91. The Bertz CT molecular complexity index is 487. The van der Waals surface area contributed by atoms with Crippen molar-refractivity contribution in [1.82, 2.24) is 0 Å². The van der Waals surface area contributed by atoms with E-state index in [2.05, 4.69) is 0 Å². The molecule has 0 spiro atoms. The zero-order valence-corrected chi connectivity index (χ0v) is 10.5. The van der Waals surface area contributed by atoms with Gasteiger partial charge >= 0.3 is 0 Å². The molecule has 1 unspecified atom stereocenters. The highest BCUT2D eigenvalue weighted by Crippen LogP contribution is 2.53. The second-order valence-electron chi connectivity index (χ2n) is 3.43. The van der Waals surface area contributed by atoms with Crippen LogP contribution in [0.1, 0.15) is 0 Å². The summed E-state index contributed by atoms with van der Waals surface area (Å²) in [6, 6.07) is 17.5. The molecule has 0 fully saturated rings. The summed E-state index contributed by atoms with van der Waals surface area (Å²) in [5.41, 5.74) is 1.04. The van der Waals surface area contributed by atoms with Crippen LogP contribution in [0.3, 0.4) is 0 Å². The molecule has 0 saturated heterocycles. The normalized spacial score (nSPS) is 14.0. The molecule has 0 N–H and O–H groups in total. The molecule has 0 bridgehead atoms. The smallest absolute Gasteiger partial charge is 0.196 e. The van der Waals surface area contributed by atoms with Crippen LogP contribution >= 0.6 is 18.1 Å².